The molecule has 1 N–H and O–H groups in total. The highest BCUT2D eigenvalue weighted by molar-refractivity contribution is 5.94. The lowest BCUT2D eigenvalue weighted by Crippen LogP contribution is -2.32. The van der Waals surface area contributed by atoms with Gasteiger partial charge in [-0.05, 0) is 38.5 Å². The lowest BCUT2D eigenvalue weighted by atomic mass is 9.82. The minimum Gasteiger partial charge on any atom is -0.469 e. The molecule has 1 heterocycles. The number of nitrogens with one attached hydrogen (secondary N) is 1. The second kappa shape index (κ2) is 6.54. The summed E-state index contributed by atoms with van der Waals surface area (Å²) in [5.74, 6) is 0.690. The highest BCUT2D eigenvalue weighted by Crippen LogP contribution is 2.29. The topological polar surface area (TPSA) is 81.4 Å². The van der Waals surface area contributed by atoms with Crippen LogP contribution in [0.4, 0.5) is 0 Å². The van der Waals surface area contributed by atoms with Crippen molar-refractivity contribution in [2.24, 2.45) is 11.8 Å². The standard InChI is InChI=1S/C14H20N2O4/c1-9-12(8-16-20-9)13(17)15-7-10-3-5-11(6-4-10)14(18)19-2/h8,10-11H,3-7H2,1-2H3,(H,15,17). The molecular weight excluding hydrogens is 260 g/mol. The van der Waals surface area contributed by atoms with Gasteiger partial charge in [0.2, 0.25) is 0 Å². The summed E-state index contributed by atoms with van der Waals surface area (Å²) in [5.41, 5.74) is 0.480. The van der Waals surface area contributed by atoms with Gasteiger partial charge in [0.1, 0.15) is 11.3 Å². The van der Waals surface area contributed by atoms with Gasteiger partial charge in [0.25, 0.3) is 5.91 Å². The summed E-state index contributed by atoms with van der Waals surface area (Å²) in [6, 6.07) is 0. The summed E-state index contributed by atoms with van der Waals surface area (Å²) in [6.45, 7) is 2.33. The Labute approximate surface area is 117 Å². The summed E-state index contributed by atoms with van der Waals surface area (Å²) >= 11 is 0. The van der Waals surface area contributed by atoms with E-state index < -0.39 is 0 Å². The Morgan fingerprint density at radius 2 is 2.10 bits per heavy atom. The van der Waals surface area contributed by atoms with Gasteiger partial charge < -0.3 is 14.6 Å². The molecule has 1 amide bonds. The maximum Gasteiger partial charge on any atom is 0.308 e. The number of carbonyl (C=O) groups is 2. The summed E-state index contributed by atoms with van der Waals surface area (Å²) in [6.07, 6.45) is 4.96. The number of methoxy groups -OCH3 is 1. The molecule has 0 spiro atoms. The maximum absolute atomic E-state index is 11.9. The normalized spacial score (nSPS) is 22.3. The number of esters is 1. The van der Waals surface area contributed by atoms with Crippen LogP contribution in [0.25, 0.3) is 0 Å². The van der Waals surface area contributed by atoms with E-state index in [1.165, 1.54) is 13.3 Å². The molecule has 1 aliphatic rings. The molecule has 20 heavy (non-hydrogen) atoms. The van der Waals surface area contributed by atoms with Gasteiger partial charge in [0.15, 0.2) is 0 Å². The molecule has 1 aliphatic carbocycles. The van der Waals surface area contributed by atoms with Crippen LogP contribution in [0.5, 0.6) is 0 Å². The molecule has 0 bridgehead atoms. The number of hydrogen-bond donors (Lipinski definition) is 1. The van der Waals surface area contributed by atoms with Crippen molar-refractivity contribution in [3.05, 3.63) is 17.5 Å². The molecule has 0 saturated heterocycles. The largest absolute Gasteiger partial charge is 0.469 e. The van der Waals surface area contributed by atoms with Gasteiger partial charge in [-0.25, -0.2) is 0 Å². The molecule has 0 atom stereocenters. The SMILES string of the molecule is COC(=O)C1CCC(CNC(=O)c2cnoc2C)CC1. The van der Waals surface area contributed by atoms with Crippen LogP contribution >= 0.6 is 0 Å². The Hall–Kier alpha value is -1.85. The molecule has 1 fully saturated rings. The number of aromatic nitrogens is 1. The zero-order valence-corrected chi connectivity index (χ0v) is 11.8. The Kier molecular flexibility index (Phi) is 4.76. The first-order valence-corrected chi connectivity index (χ1v) is 6.89. The molecule has 6 heteroatoms. The van der Waals surface area contributed by atoms with Gasteiger partial charge in [0, 0.05) is 6.54 Å². The monoisotopic (exact) mass is 280 g/mol. The fourth-order valence-electron chi connectivity index (χ4n) is 2.62. The predicted molar refractivity (Wildman–Crippen MR) is 71.0 cm³/mol. The van der Waals surface area contributed by atoms with Gasteiger partial charge in [-0.3, -0.25) is 9.59 Å². The van der Waals surface area contributed by atoms with Crippen LogP contribution in [-0.4, -0.2) is 30.7 Å². The first-order valence-electron chi connectivity index (χ1n) is 6.89. The van der Waals surface area contributed by atoms with E-state index in [9.17, 15) is 9.59 Å². The maximum atomic E-state index is 11.9. The second-order valence-electron chi connectivity index (χ2n) is 5.25. The van der Waals surface area contributed by atoms with E-state index in [-0.39, 0.29) is 17.8 Å². The van der Waals surface area contributed by atoms with Crippen molar-refractivity contribution in [2.45, 2.75) is 32.6 Å². The number of aryl methyl sites for hydroxylation is 1. The Balaban J connectivity index is 1.75. The molecule has 1 saturated carbocycles. The minimum atomic E-state index is -0.154. The van der Waals surface area contributed by atoms with E-state index in [0.717, 1.165) is 25.7 Å². The van der Waals surface area contributed by atoms with E-state index in [4.69, 9.17) is 9.26 Å². The van der Waals surface area contributed by atoms with Crippen molar-refractivity contribution >= 4 is 11.9 Å². The molecule has 6 nitrogen and oxygen atoms in total. The quantitative estimate of drug-likeness (QED) is 0.849. The van der Waals surface area contributed by atoms with Crippen LogP contribution in [0.1, 0.15) is 41.8 Å². The van der Waals surface area contributed by atoms with E-state index >= 15 is 0 Å². The first-order chi connectivity index (χ1) is 9.61. The third-order valence-electron chi connectivity index (χ3n) is 3.93. The average Bonchev–Trinajstić information content (AvgIpc) is 2.90. The molecule has 2 rings (SSSR count). The highest BCUT2D eigenvalue weighted by Gasteiger charge is 2.27. The zero-order valence-electron chi connectivity index (χ0n) is 11.8. The van der Waals surface area contributed by atoms with E-state index in [1.54, 1.807) is 6.92 Å². The van der Waals surface area contributed by atoms with Crippen LogP contribution in [-0.2, 0) is 9.53 Å². The molecule has 0 aliphatic heterocycles. The van der Waals surface area contributed by atoms with Crippen molar-refractivity contribution < 1.29 is 18.8 Å². The third-order valence-corrected chi connectivity index (χ3v) is 3.93. The van der Waals surface area contributed by atoms with Crippen LogP contribution in [0.3, 0.4) is 0 Å². The number of nitrogens with zero attached hydrogens (tertiary/aromatic N) is 1. The molecule has 0 radical (unpaired) electrons. The van der Waals surface area contributed by atoms with Crippen molar-refractivity contribution in [3.8, 4) is 0 Å². The lowest BCUT2D eigenvalue weighted by Gasteiger charge is -2.26. The van der Waals surface area contributed by atoms with Gasteiger partial charge in [-0.1, -0.05) is 5.16 Å². The molecular formula is C14H20N2O4. The van der Waals surface area contributed by atoms with Gasteiger partial charge in [-0.2, -0.15) is 0 Å². The van der Waals surface area contributed by atoms with Gasteiger partial charge >= 0.3 is 5.97 Å². The second-order valence-corrected chi connectivity index (χ2v) is 5.25. The third kappa shape index (κ3) is 3.37. The summed E-state index contributed by atoms with van der Waals surface area (Å²) in [7, 11) is 1.43. The first kappa shape index (κ1) is 14.6. The predicted octanol–water partition coefficient (Wildman–Crippen LogP) is 1.69. The van der Waals surface area contributed by atoms with Crippen LogP contribution in [0.2, 0.25) is 0 Å². The fraction of sp³-hybridized carbons (Fsp3) is 0.643. The average molecular weight is 280 g/mol. The van der Waals surface area contributed by atoms with E-state index in [1.807, 2.05) is 0 Å². The number of carbonyl (C=O) groups excluding carboxylic acids is 2. The number of ether oxygens (including phenoxy) is 1. The summed E-state index contributed by atoms with van der Waals surface area (Å²) < 4.78 is 9.63. The molecule has 0 aromatic carbocycles. The van der Waals surface area contributed by atoms with Gasteiger partial charge in [0.05, 0.1) is 19.2 Å². The van der Waals surface area contributed by atoms with Crippen LogP contribution in [0, 0.1) is 18.8 Å². The van der Waals surface area contributed by atoms with Crippen molar-refractivity contribution in [1.82, 2.24) is 10.5 Å². The van der Waals surface area contributed by atoms with E-state index in [2.05, 4.69) is 10.5 Å². The Morgan fingerprint density at radius 3 is 2.65 bits per heavy atom. The smallest absolute Gasteiger partial charge is 0.308 e. The molecule has 0 unspecified atom stereocenters. The lowest BCUT2D eigenvalue weighted by molar-refractivity contribution is -0.146. The van der Waals surface area contributed by atoms with Crippen LogP contribution in [0.15, 0.2) is 10.7 Å². The number of amides is 1. The Bertz CT molecular complexity index is 475. The van der Waals surface area contributed by atoms with Crippen molar-refractivity contribution in [3.63, 3.8) is 0 Å². The van der Waals surface area contributed by atoms with Crippen molar-refractivity contribution in [1.29, 1.82) is 0 Å². The Morgan fingerprint density at radius 1 is 1.40 bits per heavy atom. The summed E-state index contributed by atoms with van der Waals surface area (Å²) in [4.78, 5) is 23.3. The summed E-state index contributed by atoms with van der Waals surface area (Å²) in [5, 5.41) is 6.49. The van der Waals surface area contributed by atoms with E-state index in [0.29, 0.717) is 23.8 Å². The van der Waals surface area contributed by atoms with Gasteiger partial charge in [-0.15, -0.1) is 0 Å². The van der Waals surface area contributed by atoms with Crippen LogP contribution < -0.4 is 5.32 Å². The highest BCUT2D eigenvalue weighted by atomic mass is 16.5. The van der Waals surface area contributed by atoms with Crippen molar-refractivity contribution in [2.75, 3.05) is 13.7 Å². The fourth-order valence-corrected chi connectivity index (χ4v) is 2.62. The molecule has 1 aromatic rings. The number of hydrogen-bond acceptors (Lipinski definition) is 5. The number of rotatable bonds is 4. The minimum absolute atomic E-state index is 0.0206. The zero-order chi connectivity index (χ0) is 14.5. The molecule has 1 aromatic heterocycles. The molecule has 110 valence electrons.